The number of anilines is 1. The highest BCUT2D eigenvalue weighted by Crippen LogP contribution is 2.48. The van der Waals surface area contributed by atoms with E-state index in [2.05, 4.69) is 105 Å². The Hall–Kier alpha value is -3.06. The number of hydrogen-bond donors (Lipinski definition) is 0. The Morgan fingerprint density at radius 2 is 1.48 bits per heavy atom. The molecule has 27 heavy (non-hydrogen) atoms. The van der Waals surface area contributed by atoms with Gasteiger partial charge < -0.3 is 4.90 Å². The monoisotopic (exact) mass is 349 g/mol. The second-order valence-electron chi connectivity index (χ2n) is 7.72. The van der Waals surface area contributed by atoms with Crippen LogP contribution >= 0.6 is 0 Å². The molecule has 1 aliphatic rings. The normalized spacial score (nSPS) is 14.9. The molecule has 132 valence electrons. The van der Waals surface area contributed by atoms with Crippen molar-refractivity contribution >= 4 is 16.5 Å². The highest BCUT2D eigenvalue weighted by molar-refractivity contribution is 5.96. The zero-order chi connectivity index (χ0) is 18.5. The first-order chi connectivity index (χ1) is 13.1. The summed E-state index contributed by atoms with van der Waals surface area (Å²) in [5.41, 5.74) is 9.49. The molecule has 1 atom stereocenters. The molecule has 1 unspecified atom stereocenters. The highest BCUT2D eigenvalue weighted by Gasteiger charge is 2.27. The fourth-order valence-corrected chi connectivity index (χ4v) is 4.46. The highest BCUT2D eigenvalue weighted by atomic mass is 15.1. The van der Waals surface area contributed by atoms with Crippen molar-refractivity contribution in [3.05, 3.63) is 90.0 Å². The Kier molecular flexibility index (Phi) is 3.58. The average Bonchev–Trinajstić information content (AvgIpc) is 3.00. The predicted molar refractivity (Wildman–Crippen MR) is 117 cm³/mol. The summed E-state index contributed by atoms with van der Waals surface area (Å²) >= 11 is 0. The van der Waals surface area contributed by atoms with Crippen LogP contribution in [-0.4, -0.2) is 14.1 Å². The summed E-state index contributed by atoms with van der Waals surface area (Å²) < 4.78 is 0. The molecule has 0 aliphatic heterocycles. The fraction of sp³-hybridized carbons (Fsp3) is 0.154. The van der Waals surface area contributed by atoms with Crippen molar-refractivity contribution in [3.8, 4) is 22.3 Å². The van der Waals surface area contributed by atoms with Crippen LogP contribution in [0, 0.1) is 0 Å². The molecule has 0 heterocycles. The Morgan fingerprint density at radius 1 is 0.704 bits per heavy atom. The van der Waals surface area contributed by atoms with Gasteiger partial charge in [0.25, 0.3) is 0 Å². The Bertz CT molecular complexity index is 1170. The first-order valence-corrected chi connectivity index (χ1v) is 9.57. The molecule has 1 heteroatoms. The van der Waals surface area contributed by atoms with E-state index in [1.807, 2.05) is 0 Å². The maximum atomic E-state index is 2.39. The van der Waals surface area contributed by atoms with Crippen molar-refractivity contribution in [2.45, 2.75) is 12.8 Å². The van der Waals surface area contributed by atoms with E-state index in [-0.39, 0.29) is 0 Å². The van der Waals surface area contributed by atoms with Crippen LogP contribution in [0.5, 0.6) is 0 Å². The van der Waals surface area contributed by atoms with Crippen molar-refractivity contribution in [3.63, 3.8) is 0 Å². The smallest absolute Gasteiger partial charge is 0.0367 e. The molecule has 0 saturated heterocycles. The summed E-state index contributed by atoms with van der Waals surface area (Å²) in [6.45, 7) is 2.34. The Labute approximate surface area is 160 Å². The van der Waals surface area contributed by atoms with Gasteiger partial charge >= 0.3 is 0 Å². The lowest BCUT2D eigenvalue weighted by molar-refractivity contribution is 0.967. The van der Waals surface area contributed by atoms with Crippen molar-refractivity contribution < 1.29 is 0 Å². The van der Waals surface area contributed by atoms with Gasteiger partial charge in [-0.2, -0.15) is 0 Å². The van der Waals surface area contributed by atoms with Crippen molar-refractivity contribution in [2.75, 3.05) is 19.0 Å². The van der Waals surface area contributed by atoms with Gasteiger partial charge in [0.05, 0.1) is 0 Å². The number of hydrogen-bond acceptors (Lipinski definition) is 1. The summed E-state index contributed by atoms with van der Waals surface area (Å²) in [5.74, 6) is 0.415. The fourth-order valence-electron chi connectivity index (χ4n) is 4.46. The summed E-state index contributed by atoms with van der Waals surface area (Å²) in [6.07, 6.45) is 0. The topological polar surface area (TPSA) is 3.24 Å². The van der Waals surface area contributed by atoms with Gasteiger partial charge in [0.1, 0.15) is 0 Å². The lowest BCUT2D eigenvalue weighted by atomic mass is 9.93. The van der Waals surface area contributed by atoms with Crippen LogP contribution < -0.4 is 4.90 Å². The summed E-state index contributed by atoms with van der Waals surface area (Å²) in [5, 5.41) is 2.71. The SMILES string of the molecule is CC1c2cc(-c3cccc(N(C)C)c3)ccc2-c2ccc3ccccc3c21. The molecular formula is C26H23N. The average molecular weight is 349 g/mol. The molecule has 0 N–H and O–H groups in total. The summed E-state index contributed by atoms with van der Waals surface area (Å²) in [6, 6.07) is 29.0. The van der Waals surface area contributed by atoms with Gasteiger partial charge in [-0.15, -0.1) is 0 Å². The molecule has 4 aromatic rings. The van der Waals surface area contributed by atoms with Gasteiger partial charge in [0.15, 0.2) is 0 Å². The minimum Gasteiger partial charge on any atom is -0.378 e. The zero-order valence-electron chi connectivity index (χ0n) is 16.0. The third kappa shape index (κ3) is 2.46. The van der Waals surface area contributed by atoms with Gasteiger partial charge in [-0.05, 0) is 62.4 Å². The van der Waals surface area contributed by atoms with Crippen molar-refractivity contribution in [1.29, 1.82) is 0 Å². The minimum atomic E-state index is 0.415. The molecule has 0 fully saturated rings. The molecule has 0 saturated carbocycles. The molecule has 0 bridgehead atoms. The second kappa shape index (κ2) is 5.99. The van der Waals surface area contributed by atoms with Gasteiger partial charge in [-0.3, -0.25) is 0 Å². The minimum absolute atomic E-state index is 0.415. The van der Waals surface area contributed by atoms with Crippen LogP contribution in [0.25, 0.3) is 33.0 Å². The van der Waals surface area contributed by atoms with Crippen LogP contribution in [-0.2, 0) is 0 Å². The van der Waals surface area contributed by atoms with Gasteiger partial charge in [0.2, 0.25) is 0 Å². The molecule has 1 aliphatic carbocycles. The number of nitrogens with zero attached hydrogens (tertiary/aromatic N) is 1. The van der Waals surface area contributed by atoms with Gasteiger partial charge in [-0.1, -0.05) is 67.6 Å². The number of rotatable bonds is 2. The van der Waals surface area contributed by atoms with E-state index in [0.717, 1.165) is 0 Å². The van der Waals surface area contributed by atoms with Crippen LogP contribution in [0.2, 0.25) is 0 Å². The van der Waals surface area contributed by atoms with Crippen LogP contribution in [0.3, 0.4) is 0 Å². The molecule has 5 rings (SSSR count). The van der Waals surface area contributed by atoms with Crippen LogP contribution in [0.15, 0.2) is 78.9 Å². The van der Waals surface area contributed by atoms with Gasteiger partial charge in [0, 0.05) is 25.7 Å². The first kappa shape index (κ1) is 16.1. The van der Waals surface area contributed by atoms with E-state index < -0.39 is 0 Å². The largest absolute Gasteiger partial charge is 0.378 e. The van der Waals surface area contributed by atoms with Crippen molar-refractivity contribution in [2.24, 2.45) is 0 Å². The standard InChI is InChI=1S/C26H23N/c1-17-25-16-20(19-8-6-9-21(15-19)27(2)3)12-13-23(25)24-14-11-18-7-4-5-10-22(18)26(17)24/h4-17H,1-3H3. The van der Waals surface area contributed by atoms with E-state index in [0.29, 0.717) is 5.92 Å². The lowest BCUT2D eigenvalue weighted by Crippen LogP contribution is -2.08. The molecule has 0 radical (unpaired) electrons. The quantitative estimate of drug-likeness (QED) is 0.389. The Balaban J connectivity index is 1.66. The van der Waals surface area contributed by atoms with E-state index >= 15 is 0 Å². The first-order valence-electron chi connectivity index (χ1n) is 9.57. The predicted octanol–water partition coefficient (Wildman–Crippen LogP) is 6.71. The molecule has 0 spiro atoms. The molecule has 0 aromatic heterocycles. The summed E-state index contributed by atoms with van der Waals surface area (Å²) in [4.78, 5) is 2.15. The van der Waals surface area contributed by atoms with Crippen LogP contribution in [0.4, 0.5) is 5.69 Å². The molecule has 1 nitrogen and oxygen atoms in total. The van der Waals surface area contributed by atoms with E-state index in [4.69, 9.17) is 0 Å². The third-order valence-corrected chi connectivity index (χ3v) is 5.91. The summed E-state index contributed by atoms with van der Waals surface area (Å²) in [7, 11) is 4.18. The number of benzene rings is 4. The van der Waals surface area contributed by atoms with E-state index in [9.17, 15) is 0 Å². The lowest BCUT2D eigenvalue weighted by Gasteiger charge is -2.14. The maximum absolute atomic E-state index is 2.39. The van der Waals surface area contributed by atoms with Crippen LogP contribution in [0.1, 0.15) is 24.0 Å². The number of fused-ring (bicyclic) bond motifs is 5. The molecular weight excluding hydrogens is 326 g/mol. The van der Waals surface area contributed by atoms with E-state index in [1.165, 1.54) is 49.8 Å². The maximum Gasteiger partial charge on any atom is 0.0367 e. The molecule has 0 amide bonds. The third-order valence-electron chi connectivity index (χ3n) is 5.91. The second-order valence-corrected chi connectivity index (χ2v) is 7.72. The van der Waals surface area contributed by atoms with Gasteiger partial charge in [-0.25, -0.2) is 0 Å². The Morgan fingerprint density at radius 3 is 2.33 bits per heavy atom. The van der Waals surface area contributed by atoms with Crippen molar-refractivity contribution in [1.82, 2.24) is 0 Å². The van der Waals surface area contributed by atoms with E-state index in [1.54, 1.807) is 0 Å². The zero-order valence-corrected chi connectivity index (χ0v) is 16.0. The molecule has 4 aromatic carbocycles.